The highest BCUT2D eigenvalue weighted by molar-refractivity contribution is 7.93. The van der Waals surface area contributed by atoms with E-state index < -0.39 is 15.6 Å². The molecule has 2 aromatic heterocycles. The van der Waals surface area contributed by atoms with Gasteiger partial charge in [0.05, 0.1) is 16.3 Å². The first kappa shape index (κ1) is 20.2. The van der Waals surface area contributed by atoms with E-state index in [1.807, 2.05) is 6.07 Å². The van der Waals surface area contributed by atoms with Crippen molar-refractivity contribution in [2.24, 2.45) is 17.3 Å². The van der Waals surface area contributed by atoms with Crippen LogP contribution in [0.15, 0.2) is 63.4 Å². The lowest BCUT2D eigenvalue weighted by molar-refractivity contribution is -0.113. The fourth-order valence-corrected chi connectivity index (χ4v) is 4.50. The molecule has 7 nitrogen and oxygen atoms in total. The molecule has 0 aliphatic heterocycles. The maximum Gasteiger partial charge on any atom is 0.277 e. The first-order valence-electron chi connectivity index (χ1n) is 9.62. The summed E-state index contributed by atoms with van der Waals surface area (Å²) in [5.74, 6) is 0.561. The summed E-state index contributed by atoms with van der Waals surface area (Å²) in [6.07, 6.45) is 8.22. The summed E-state index contributed by atoms with van der Waals surface area (Å²) in [7, 11) is -1.29. The van der Waals surface area contributed by atoms with E-state index in [1.165, 1.54) is 10.8 Å². The van der Waals surface area contributed by atoms with E-state index in [0.717, 1.165) is 29.9 Å². The van der Waals surface area contributed by atoms with Crippen molar-refractivity contribution in [2.45, 2.75) is 17.7 Å². The number of nitrogens with one attached hydrogen (secondary N) is 1. The largest absolute Gasteiger partial charge is 0.493 e. The van der Waals surface area contributed by atoms with E-state index in [4.69, 9.17) is 4.74 Å². The number of aromatic nitrogens is 2. The summed E-state index contributed by atoms with van der Waals surface area (Å²) in [6.45, 7) is 3.99. The SMILES string of the molecule is C=CC(=O)N=S(C)(=O)c1ccc(OCC2CC2)c(-c2cn(C)c(=O)c3[nH]ccc23)c1. The molecule has 30 heavy (non-hydrogen) atoms. The van der Waals surface area contributed by atoms with Crippen LogP contribution in [0.2, 0.25) is 0 Å². The number of amides is 1. The van der Waals surface area contributed by atoms with Gasteiger partial charge in [0, 0.05) is 47.1 Å². The zero-order valence-corrected chi connectivity index (χ0v) is 17.7. The fraction of sp³-hybridized carbons (Fsp3) is 0.273. The van der Waals surface area contributed by atoms with Crippen molar-refractivity contribution in [2.75, 3.05) is 12.9 Å². The molecule has 1 aliphatic rings. The second kappa shape index (κ2) is 7.60. The second-order valence-corrected chi connectivity index (χ2v) is 9.83. The van der Waals surface area contributed by atoms with E-state index in [-0.39, 0.29) is 5.56 Å². The number of H-pyrrole nitrogens is 1. The number of pyridine rings is 1. The van der Waals surface area contributed by atoms with E-state index in [9.17, 15) is 13.8 Å². The van der Waals surface area contributed by atoms with Crippen LogP contribution in [0.3, 0.4) is 0 Å². The molecular weight excluding hydrogens is 402 g/mol. The summed E-state index contributed by atoms with van der Waals surface area (Å²) in [5, 5.41) is 0.744. The Hall–Kier alpha value is -3.13. The van der Waals surface area contributed by atoms with Crippen LogP contribution in [0.25, 0.3) is 22.0 Å². The Balaban J connectivity index is 1.93. The predicted octanol–water partition coefficient (Wildman–Crippen LogP) is 3.49. The van der Waals surface area contributed by atoms with Gasteiger partial charge in [0.2, 0.25) is 0 Å². The Kier molecular flexibility index (Phi) is 5.11. The zero-order valence-electron chi connectivity index (χ0n) is 16.9. The maximum atomic E-state index is 13.1. The number of carbonyl (C=O) groups excluding carboxylic acids is 1. The lowest BCUT2D eigenvalue weighted by Crippen LogP contribution is -2.16. The highest BCUT2D eigenvalue weighted by Crippen LogP contribution is 2.37. The van der Waals surface area contributed by atoms with Crippen LogP contribution >= 0.6 is 0 Å². The lowest BCUT2D eigenvalue weighted by atomic mass is 10.0. The quantitative estimate of drug-likeness (QED) is 0.612. The normalized spacial score (nSPS) is 15.5. The summed E-state index contributed by atoms with van der Waals surface area (Å²) < 4.78 is 24.5. The molecule has 1 aromatic carbocycles. The fourth-order valence-electron chi connectivity index (χ4n) is 3.32. The van der Waals surface area contributed by atoms with Crippen LogP contribution in [-0.4, -0.2) is 32.5 Å². The van der Waals surface area contributed by atoms with Gasteiger partial charge in [-0.05, 0) is 49.1 Å². The van der Waals surface area contributed by atoms with Gasteiger partial charge in [-0.2, -0.15) is 4.36 Å². The number of aryl methyl sites for hydroxylation is 1. The summed E-state index contributed by atoms with van der Waals surface area (Å²) in [6, 6.07) is 6.99. The minimum atomic E-state index is -2.97. The lowest BCUT2D eigenvalue weighted by Gasteiger charge is -2.15. The van der Waals surface area contributed by atoms with Gasteiger partial charge in [-0.3, -0.25) is 9.59 Å². The topological polar surface area (TPSA) is 93.5 Å². The molecule has 1 unspecified atom stereocenters. The third kappa shape index (κ3) is 3.82. The average molecular weight is 426 g/mol. The molecule has 1 N–H and O–H groups in total. The molecule has 1 aliphatic carbocycles. The number of hydrogen-bond acceptors (Lipinski definition) is 4. The van der Waals surface area contributed by atoms with Crippen molar-refractivity contribution in [3.8, 4) is 16.9 Å². The number of nitrogens with zero attached hydrogens (tertiary/aromatic N) is 2. The van der Waals surface area contributed by atoms with Crippen LogP contribution in [0.5, 0.6) is 5.75 Å². The van der Waals surface area contributed by atoms with Crippen molar-refractivity contribution in [3.05, 3.63) is 59.7 Å². The van der Waals surface area contributed by atoms with Gasteiger partial charge in [-0.1, -0.05) is 6.58 Å². The summed E-state index contributed by atoms with van der Waals surface area (Å²) >= 11 is 0. The van der Waals surface area contributed by atoms with Gasteiger partial charge in [-0.15, -0.1) is 0 Å². The van der Waals surface area contributed by atoms with Gasteiger partial charge in [-0.25, -0.2) is 4.21 Å². The average Bonchev–Trinajstić information content (AvgIpc) is 3.42. The Morgan fingerprint density at radius 2 is 2.13 bits per heavy atom. The standard InChI is InChI=1S/C22H23N3O4S/c1-4-20(26)24-30(3,28)15-7-8-19(29-13-14-5-6-14)17(11-15)18-12-25(2)22(27)21-16(18)9-10-23-21/h4,7-12,14,23H,1,5-6,13H2,2-3H3. The van der Waals surface area contributed by atoms with Crippen LogP contribution < -0.4 is 10.3 Å². The smallest absolute Gasteiger partial charge is 0.277 e. The molecule has 1 saturated carbocycles. The number of benzene rings is 1. The van der Waals surface area contributed by atoms with E-state index in [1.54, 1.807) is 37.6 Å². The minimum absolute atomic E-state index is 0.138. The second-order valence-electron chi connectivity index (χ2n) is 7.57. The molecule has 1 atom stereocenters. The van der Waals surface area contributed by atoms with Gasteiger partial charge in [0.15, 0.2) is 0 Å². The molecular formula is C22H23N3O4S. The Morgan fingerprint density at radius 1 is 1.37 bits per heavy atom. The van der Waals surface area contributed by atoms with E-state index >= 15 is 0 Å². The van der Waals surface area contributed by atoms with Crippen molar-refractivity contribution < 1.29 is 13.7 Å². The molecule has 3 aromatic rings. The molecule has 8 heteroatoms. The number of ether oxygens (including phenoxy) is 1. The van der Waals surface area contributed by atoms with Crippen LogP contribution in [-0.2, 0) is 21.6 Å². The van der Waals surface area contributed by atoms with Crippen molar-refractivity contribution in [1.82, 2.24) is 9.55 Å². The predicted molar refractivity (Wildman–Crippen MR) is 117 cm³/mol. The number of rotatable bonds is 6. The van der Waals surface area contributed by atoms with E-state index in [0.29, 0.717) is 34.2 Å². The van der Waals surface area contributed by atoms with Gasteiger partial charge in [0.1, 0.15) is 11.3 Å². The molecule has 156 valence electrons. The zero-order chi connectivity index (χ0) is 21.5. The molecule has 1 fully saturated rings. The maximum absolute atomic E-state index is 13.1. The molecule has 0 spiro atoms. The van der Waals surface area contributed by atoms with Crippen LogP contribution in [0, 0.1) is 5.92 Å². The molecule has 0 radical (unpaired) electrons. The van der Waals surface area contributed by atoms with Gasteiger partial charge >= 0.3 is 0 Å². The van der Waals surface area contributed by atoms with Crippen molar-refractivity contribution in [1.29, 1.82) is 0 Å². The number of fused-ring (bicyclic) bond motifs is 1. The number of hydrogen-bond donors (Lipinski definition) is 1. The minimum Gasteiger partial charge on any atom is -0.493 e. The Morgan fingerprint density at radius 3 is 2.83 bits per heavy atom. The van der Waals surface area contributed by atoms with Crippen molar-refractivity contribution in [3.63, 3.8) is 0 Å². The molecule has 0 bridgehead atoms. The Labute approximate surface area is 174 Å². The number of carbonyl (C=O) groups is 1. The first-order chi connectivity index (χ1) is 14.3. The molecule has 1 amide bonds. The molecule has 4 rings (SSSR count). The third-order valence-corrected chi connectivity index (χ3v) is 6.84. The third-order valence-electron chi connectivity index (χ3n) is 5.18. The summed E-state index contributed by atoms with van der Waals surface area (Å²) in [4.78, 5) is 27.6. The highest BCUT2D eigenvalue weighted by Gasteiger charge is 2.23. The Bertz CT molecular complexity index is 1340. The van der Waals surface area contributed by atoms with E-state index in [2.05, 4.69) is 15.9 Å². The molecule has 2 heterocycles. The monoisotopic (exact) mass is 425 g/mol. The van der Waals surface area contributed by atoms with Gasteiger partial charge < -0.3 is 14.3 Å². The first-order valence-corrected chi connectivity index (χ1v) is 11.5. The highest BCUT2D eigenvalue weighted by atomic mass is 32.2. The van der Waals surface area contributed by atoms with Gasteiger partial charge in [0.25, 0.3) is 11.5 Å². The summed E-state index contributed by atoms with van der Waals surface area (Å²) in [5.41, 5.74) is 1.81. The van der Waals surface area contributed by atoms with Crippen molar-refractivity contribution >= 4 is 26.5 Å². The molecule has 0 saturated heterocycles. The van der Waals surface area contributed by atoms with Crippen LogP contribution in [0.4, 0.5) is 0 Å². The number of aromatic amines is 1. The van der Waals surface area contributed by atoms with Crippen LogP contribution in [0.1, 0.15) is 12.8 Å².